The van der Waals surface area contributed by atoms with Gasteiger partial charge in [0.1, 0.15) is 11.4 Å². The Kier molecular flexibility index (Phi) is 6.00. The number of nitrogens with one attached hydrogen (secondary N) is 1. The molecule has 5 nitrogen and oxygen atoms in total. The number of aryl methyl sites for hydroxylation is 4. The van der Waals surface area contributed by atoms with E-state index in [-0.39, 0.29) is 11.6 Å². The van der Waals surface area contributed by atoms with E-state index in [9.17, 15) is 9.59 Å². The number of anilines is 2. The molecular weight excluding hydrogens is 436 g/mol. The van der Waals surface area contributed by atoms with Gasteiger partial charge in [-0.1, -0.05) is 41.4 Å². The number of nitrogens with zero attached hydrogens (tertiary/aromatic N) is 1. The molecule has 0 bridgehead atoms. The Labute approximate surface area is 198 Å². The van der Waals surface area contributed by atoms with E-state index in [1.165, 1.54) is 12.0 Å². The second-order valence-corrected chi connectivity index (χ2v) is 8.74. The second kappa shape index (κ2) is 8.75. The normalized spacial score (nSPS) is 13.7. The van der Waals surface area contributed by atoms with Crippen molar-refractivity contribution in [3.05, 3.63) is 93.1 Å². The Morgan fingerprint density at radius 2 is 1.52 bits per heavy atom. The minimum atomic E-state index is -0.410. The molecule has 1 aliphatic rings. The van der Waals surface area contributed by atoms with Crippen LogP contribution in [0.25, 0.3) is 5.57 Å². The zero-order valence-corrected chi connectivity index (χ0v) is 20.0. The molecule has 0 fully saturated rings. The Balaban J connectivity index is 1.86. The minimum absolute atomic E-state index is 0.215. The van der Waals surface area contributed by atoms with Crippen LogP contribution in [0, 0.1) is 27.7 Å². The molecule has 0 aliphatic carbocycles. The number of carbonyl (C=O) groups excluding carboxylic acids is 2. The summed E-state index contributed by atoms with van der Waals surface area (Å²) in [6.45, 7) is 7.82. The number of rotatable bonds is 5. The molecule has 0 saturated heterocycles. The number of carbonyl (C=O) groups is 2. The smallest absolute Gasteiger partial charge is 0.282 e. The number of imide groups is 1. The van der Waals surface area contributed by atoms with Crippen LogP contribution in [0.15, 0.2) is 60.3 Å². The second-order valence-electron chi connectivity index (χ2n) is 8.33. The molecule has 0 aromatic heterocycles. The van der Waals surface area contributed by atoms with E-state index in [0.717, 1.165) is 22.3 Å². The molecule has 3 aromatic rings. The summed E-state index contributed by atoms with van der Waals surface area (Å²) < 4.78 is 5.22. The molecule has 1 heterocycles. The van der Waals surface area contributed by atoms with Crippen molar-refractivity contribution in [1.29, 1.82) is 0 Å². The summed E-state index contributed by atoms with van der Waals surface area (Å²) in [5.41, 5.74) is 6.35. The Hall–Kier alpha value is -3.57. The van der Waals surface area contributed by atoms with Gasteiger partial charge in [-0.25, -0.2) is 4.90 Å². The minimum Gasteiger partial charge on any atom is -0.495 e. The average Bonchev–Trinajstić information content (AvgIpc) is 2.97. The van der Waals surface area contributed by atoms with Crippen LogP contribution in [0.4, 0.5) is 11.4 Å². The molecule has 1 N–H and O–H groups in total. The highest BCUT2D eigenvalue weighted by atomic mass is 35.5. The van der Waals surface area contributed by atoms with Crippen molar-refractivity contribution in [2.45, 2.75) is 27.7 Å². The third-order valence-electron chi connectivity index (χ3n) is 5.62. The number of benzene rings is 3. The molecule has 2 amide bonds. The molecule has 168 valence electrons. The third kappa shape index (κ3) is 4.24. The van der Waals surface area contributed by atoms with Crippen molar-refractivity contribution >= 4 is 40.4 Å². The van der Waals surface area contributed by atoms with E-state index in [2.05, 4.69) is 5.32 Å². The lowest BCUT2D eigenvalue weighted by Gasteiger charge is -2.17. The van der Waals surface area contributed by atoms with Gasteiger partial charge in [0.2, 0.25) is 0 Å². The van der Waals surface area contributed by atoms with Crippen LogP contribution >= 0.6 is 11.6 Å². The van der Waals surface area contributed by atoms with Gasteiger partial charge in [-0.15, -0.1) is 0 Å². The number of hydrogen-bond donors (Lipinski definition) is 1. The summed E-state index contributed by atoms with van der Waals surface area (Å²) in [6.07, 6.45) is 0. The fourth-order valence-electron chi connectivity index (χ4n) is 4.19. The SMILES string of the molecule is COc1ccc(NC2=C(c3ccc(C)cc3C)C(=O)N(c3cc(C)cc(C)c3)C2=O)cc1Cl. The predicted molar refractivity (Wildman–Crippen MR) is 133 cm³/mol. The lowest BCUT2D eigenvalue weighted by atomic mass is 9.97. The van der Waals surface area contributed by atoms with Crippen LogP contribution in [0.2, 0.25) is 5.02 Å². The summed E-state index contributed by atoms with van der Waals surface area (Å²) in [5.74, 6) is -0.248. The number of methoxy groups -OCH3 is 1. The largest absolute Gasteiger partial charge is 0.495 e. The number of ether oxygens (including phenoxy) is 1. The highest BCUT2D eigenvalue weighted by Crippen LogP contribution is 2.37. The van der Waals surface area contributed by atoms with Gasteiger partial charge in [0, 0.05) is 5.69 Å². The number of hydrogen-bond acceptors (Lipinski definition) is 4. The fraction of sp³-hybridized carbons (Fsp3) is 0.185. The number of amides is 2. The maximum atomic E-state index is 13.7. The first kappa shape index (κ1) is 22.6. The van der Waals surface area contributed by atoms with E-state index in [1.807, 2.05) is 64.1 Å². The van der Waals surface area contributed by atoms with Crippen molar-refractivity contribution in [2.24, 2.45) is 0 Å². The summed E-state index contributed by atoms with van der Waals surface area (Å²) in [7, 11) is 1.54. The van der Waals surface area contributed by atoms with Gasteiger partial charge in [0.25, 0.3) is 11.8 Å². The van der Waals surface area contributed by atoms with Gasteiger partial charge in [0.15, 0.2) is 0 Å². The molecule has 0 saturated carbocycles. The molecule has 33 heavy (non-hydrogen) atoms. The van der Waals surface area contributed by atoms with E-state index in [0.29, 0.717) is 33.3 Å². The van der Waals surface area contributed by atoms with E-state index < -0.39 is 5.91 Å². The van der Waals surface area contributed by atoms with Crippen molar-refractivity contribution in [3.8, 4) is 5.75 Å². The molecule has 0 spiro atoms. The van der Waals surface area contributed by atoms with Gasteiger partial charge < -0.3 is 10.1 Å². The van der Waals surface area contributed by atoms with Gasteiger partial charge in [0.05, 0.1) is 23.4 Å². The quantitative estimate of drug-likeness (QED) is 0.476. The molecule has 4 rings (SSSR count). The van der Waals surface area contributed by atoms with Gasteiger partial charge in [-0.05, 0) is 80.3 Å². The van der Waals surface area contributed by atoms with E-state index in [4.69, 9.17) is 16.3 Å². The first-order chi connectivity index (χ1) is 15.7. The molecule has 0 radical (unpaired) electrons. The van der Waals surface area contributed by atoms with Crippen LogP contribution in [0.3, 0.4) is 0 Å². The fourth-order valence-corrected chi connectivity index (χ4v) is 4.45. The molecule has 1 aliphatic heterocycles. The first-order valence-electron chi connectivity index (χ1n) is 10.6. The van der Waals surface area contributed by atoms with Crippen LogP contribution in [0.1, 0.15) is 27.8 Å². The van der Waals surface area contributed by atoms with Gasteiger partial charge in [-0.3, -0.25) is 9.59 Å². The topological polar surface area (TPSA) is 58.6 Å². The highest BCUT2D eigenvalue weighted by Gasteiger charge is 2.41. The van der Waals surface area contributed by atoms with Crippen LogP contribution in [-0.2, 0) is 9.59 Å². The zero-order chi connectivity index (χ0) is 23.9. The third-order valence-corrected chi connectivity index (χ3v) is 5.92. The van der Waals surface area contributed by atoms with Gasteiger partial charge >= 0.3 is 0 Å². The monoisotopic (exact) mass is 460 g/mol. The first-order valence-corrected chi connectivity index (χ1v) is 11.0. The summed E-state index contributed by atoms with van der Waals surface area (Å²) in [6, 6.07) is 16.7. The maximum Gasteiger partial charge on any atom is 0.282 e. The Bertz CT molecular complexity index is 1310. The van der Waals surface area contributed by atoms with Crippen LogP contribution < -0.4 is 15.0 Å². The molecule has 6 heteroatoms. The standard InChI is InChI=1S/C27H25ClN2O3/c1-15-6-8-21(18(4)11-15)24-25(29-19-7-9-23(33-5)22(28)14-19)27(32)30(26(24)31)20-12-16(2)10-17(3)13-20/h6-14,29H,1-5H3. The molecular formula is C27H25ClN2O3. The highest BCUT2D eigenvalue weighted by molar-refractivity contribution is 6.46. The molecule has 3 aromatic carbocycles. The molecule has 0 atom stereocenters. The van der Waals surface area contributed by atoms with Crippen molar-refractivity contribution in [2.75, 3.05) is 17.3 Å². The van der Waals surface area contributed by atoms with Crippen molar-refractivity contribution in [1.82, 2.24) is 0 Å². The Morgan fingerprint density at radius 3 is 2.12 bits per heavy atom. The Morgan fingerprint density at radius 1 is 0.818 bits per heavy atom. The average molecular weight is 461 g/mol. The van der Waals surface area contributed by atoms with Gasteiger partial charge in [-0.2, -0.15) is 0 Å². The van der Waals surface area contributed by atoms with Crippen LogP contribution in [-0.4, -0.2) is 18.9 Å². The molecule has 0 unspecified atom stereocenters. The van der Waals surface area contributed by atoms with Crippen molar-refractivity contribution in [3.63, 3.8) is 0 Å². The van der Waals surface area contributed by atoms with Crippen molar-refractivity contribution < 1.29 is 14.3 Å². The van der Waals surface area contributed by atoms with Crippen LogP contribution in [0.5, 0.6) is 5.75 Å². The number of halogens is 1. The van der Waals surface area contributed by atoms with E-state index >= 15 is 0 Å². The summed E-state index contributed by atoms with van der Waals surface area (Å²) in [5, 5.41) is 3.56. The van der Waals surface area contributed by atoms with E-state index in [1.54, 1.807) is 18.2 Å². The lowest BCUT2D eigenvalue weighted by molar-refractivity contribution is -0.120. The summed E-state index contributed by atoms with van der Waals surface area (Å²) in [4.78, 5) is 28.6. The maximum absolute atomic E-state index is 13.7. The summed E-state index contributed by atoms with van der Waals surface area (Å²) >= 11 is 6.29. The zero-order valence-electron chi connectivity index (χ0n) is 19.2. The predicted octanol–water partition coefficient (Wildman–Crippen LogP) is 5.98. The lowest BCUT2D eigenvalue weighted by Crippen LogP contribution is -2.32.